The van der Waals surface area contributed by atoms with E-state index in [4.69, 9.17) is 0 Å². The molecule has 16 aromatic rings. The zero-order chi connectivity index (χ0) is 94.1. The highest BCUT2D eigenvalue weighted by Gasteiger charge is 2.27. The van der Waals surface area contributed by atoms with Crippen LogP contribution in [0.4, 0.5) is 17.6 Å². The second-order valence-corrected chi connectivity index (χ2v) is 34.4. The molecule has 14 heterocycles. The molecular weight excluding hydrogens is 1700 g/mol. The van der Waals surface area contributed by atoms with Gasteiger partial charge in [0.2, 0.25) is 11.6 Å². The number of aromatic amines is 2. The molecule has 0 unspecified atom stereocenters. The fourth-order valence-corrected chi connectivity index (χ4v) is 16.3. The Morgan fingerprint density at radius 2 is 0.716 bits per heavy atom. The summed E-state index contributed by atoms with van der Waals surface area (Å²) in [4.78, 5) is 97.8. The summed E-state index contributed by atoms with van der Waals surface area (Å²) in [6.07, 6.45) is 23.3. The molecule has 688 valence electrons. The van der Waals surface area contributed by atoms with Gasteiger partial charge in [-0.15, -0.1) is 0 Å². The lowest BCUT2D eigenvalue weighted by atomic mass is 9.99. The molecule has 2 aliphatic heterocycles. The van der Waals surface area contributed by atoms with Crippen molar-refractivity contribution >= 4 is 45.7 Å². The quantitative estimate of drug-likeness (QED) is 0.0167. The number of benzene rings is 4. The van der Waals surface area contributed by atoms with Gasteiger partial charge in [0, 0.05) is 184 Å². The second kappa shape index (κ2) is 43.8. The molecule has 0 aliphatic carbocycles. The molecule has 0 saturated carbocycles. The maximum atomic E-state index is 13.8. The molecule has 0 atom stereocenters. The van der Waals surface area contributed by atoms with E-state index >= 15 is 0 Å². The Morgan fingerprint density at radius 1 is 0.373 bits per heavy atom. The van der Waals surface area contributed by atoms with Crippen LogP contribution < -0.4 is 30.1 Å². The summed E-state index contributed by atoms with van der Waals surface area (Å²) in [7, 11) is 12.2. The minimum absolute atomic E-state index is 0.120. The largest absolute Gasteiger partial charge is 0.350 e. The third-order valence-electron chi connectivity index (χ3n) is 24.0. The predicted molar refractivity (Wildman–Crippen MR) is 515 cm³/mol. The maximum absolute atomic E-state index is 13.8. The molecule has 134 heavy (non-hydrogen) atoms. The summed E-state index contributed by atoms with van der Waals surface area (Å²) in [5, 5.41) is 11.9. The summed E-state index contributed by atoms with van der Waals surface area (Å²) < 4.78 is 62.4. The van der Waals surface area contributed by atoms with Gasteiger partial charge in [0.15, 0.2) is 11.0 Å². The Kier molecular flexibility index (Phi) is 30.8. The van der Waals surface area contributed by atoms with Crippen LogP contribution in [0, 0.1) is 51.0 Å². The van der Waals surface area contributed by atoms with Crippen molar-refractivity contribution in [2.45, 2.75) is 40.5 Å². The standard InChI is InChI=1S/C28H31FN6O.C27H29FN6O.C25H26FN5O.C24H24FN5O/c1-20-17-22(6-7-25(20)29)26-24(5-3-9-30-26)21-8-12-35-23(18-21)19-32-27(35)28(36)31-10-4-11-34-15-13-33(2)14-16-34;1-19-16-21(5-6-24(19)28)25-23(4-3-8-29-25)20-7-10-34-22(17-20)18-31-26(34)27(35)30-9-11-33-14-12-32(2)13-15-33;1-17-14-18(8-10-22(17)26)23-21(6-4-11-27-23)19-7-9-20-15-29-24(31(20)16-19)25(32)28-12-5-13-30(2)3;1-16-13-17(7-9-21(16)25)22-20(5-4-10-26-22)18-6-8-19-14-28-23(30(19)15-18)24(31)27-11-12-29(2)3/h3,5-9,12,17-19H,4,10-11,13-16H2,1-2H3,(H,31,36);3-8,10,16-18H,9,11-15H2,1-2H3,(H,30,35);4,6-11,14-16H,5,12-13H2,1-3H3,(H,28,32);4-10,13-15H,11-12H2,1-3H3,(H,27,31)/p+2. The van der Waals surface area contributed by atoms with Gasteiger partial charge in [-0.1, -0.05) is 36.4 Å². The molecule has 0 spiro atoms. The van der Waals surface area contributed by atoms with Gasteiger partial charge in [0.05, 0.1) is 58.6 Å². The number of amides is 4. The number of halogens is 4. The minimum Gasteiger partial charge on any atom is -0.349 e. The van der Waals surface area contributed by atoms with Gasteiger partial charge < -0.3 is 45.8 Å². The van der Waals surface area contributed by atoms with Gasteiger partial charge in [-0.05, 0) is 263 Å². The molecule has 4 aromatic carbocycles. The number of carbonyl (C=O) groups excluding carboxylic acids is 4. The number of piperazine rings is 2. The van der Waals surface area contributed by atoms with Gasteiger partial charge in [-0.3, -0.25) is 52.8 Å². The molecule has 0 bridgehead atoms. The Balaban J connectivity index is 0.000000136. The number of H-pyrrole nitrogens is 2. The van der Waals surface area contributed by atoms with E-state index in [0.29, 0.717) is 71.7 Å². The number of pyridine rings is 8. The minimum atomic E-state index is -0.244. The summed E-state index contributed by atoms with van der Waals surface area (Å²) in [5.74, 6) is 0.0351. The molecule has 2 fully saturated rings. The Hall–Kier alpha value is -14.4. The number of likely N-dealkylation sites (N-methyl/N-ethyl adjacent to an activating group) is 3. The molecule has 18 rings (SSSR count). The number of fused-ring (bicyclic) bond motifs is 4. The van der Waals surface area contributed by atoms with E-state index in [2.05, 4.69) is 99.7 Å². The third-order valence-corrected chi connectivity index (χ3v) is 24.0. The van der Waals surface area contributed by atoms with Crippen molar-refractivity contribution in [3.63, 3.8) is 0 Å². The molecule has 0 radical (unpaired) electrons. The van der Waals surface area contributed by atoms with Crippen molar-refractivity contribution in [3.05, 3.63) is 313 Å². The van der Waals surface area contributed by atoms with Gasteiger partial charge in [0.1, 0.15) is 35.7 Å². The van der Waals surface area contributed by atoms with Crippen molar-refractivity contribution in [1.29, 1.82) is 0 Å². The molecular formula is C104H112F4N22O4+2. The molecule has 6 N–H and O–H groups in total. The summed E-state index contributed by atoms with van der Waals surface area (Å²) in [6, 6.07) is 51.3. The zero-order valence-corrected chi connectivity index (χ0v) is 77.1. The highest BCUT2D eigenvalue weighted by Crippen LogP contribution is 2.37. The highest BCUT2D eigenvalue weighted by atomic mass is 19.1. The molecule has 4 amide bonds. The van der Waals surface area contributed by atoms with Crippen molar-refractivity contribution in [2.75, 3.05) is 147 Å². The first-order chi connectivity index (χ1) is 64.9. The van der Waals surface area contributed by atoms with E-state index in [1.54, 1.807) is 110 Å². The first kappa shape index (κ1) is 94.3. The van der Waals surface area contributed by atoms with Crippen LogP contribution in [0.25, 0.3) is 112 Å². The number of hydrogen-bond donors (Lipinski definition) is 6. The van der Waals surface area contributed by atoms with Crippen LogP contribution in [0.3, 0.4) is 0 Å². The molecule has 30 heteroatoms. The van der Waals surface area contributed by atoms with Crippen molar-refractivity contribution in [2.24, 2.45) is 0 Å². The smallest absolute Gasteiger partial charge is 0.349 e. The SMILES string of the molecule is Cc1cc(-c2ncccc2-c2cc[n+]3c(C(=O)NCCCN4CCN(C)CC4)[nH]cc3c2)ccc1F.Cc1cc(-c2ncccc2-c2cc[n+]3c(C(=O)NCCN4CCN(C)CC4)[nH]cc3c2)ccc1F.Cc1cc(-c2ncccc2-c2ccc3cnc(C(=O)NCCCN(C)C)n3c2)ccc1F.Cc1cc(-c2ncccc2-c2ccc3cnc(C(=O)NCCN(C)C)n3c2)ccc1F. The van der Waals surface area contributed by atoms with Crippen LogP contribution in [-0.4, -0.2) is 249 Å². The lowest BCUT2D eigenvalue weighted by Crippen LogP contribution is -2.47. The van der Waals surface area contributed by atoms with Gasteiger partial charge in [-0.2, -0.15) is 8.80 Å². The van der Waals surface area contributed by atoms with Crippen LogP contribution in [0.1, 0.15) is 77.6 Å². The lowest BCUT2D eigenvalue weighted by Gasteiger charge is -2.32. The van der Waals surface area contributed by atoms with E-state index in [1.165, 1.54) is 24.3 Å². The van der Waals surface area contributed by atoms with E-state index in [-0.39, 0.29) is 46.9 Å². The zero-order valence-electron chi connectivity index (χ0n) is 77.1. The number of carbonyl (C=O) groups is 4. The van der Waals surface area contributed by atoms with E-state index in [1.807, 2.05) is 188 Å². The number of aromatic nitrogens is 12. The highest BCUT2D eigenvalue weighted by molar-refractivity contribution is 5.94. The Bertz CT molecular complexity index is 6870. The summed E-state index contributed by atoms with van der Waals surface area (Å²) in [6.45, 7) is 21.4. The monoisotopic (exact) mass is 1810 g/mol. The maximum Gasteiger partial charge on any atom is 0.350 e. The van der Waals surface area contributed by atoms with E-state index in [9.17, 15) is 36.7 Å². The number of aryl methyl sites for hydroxylation is 4. The van der Waals surface area contributed by atoms with Crippen LogP contribution in [0.15, 0.2) is 244 Å². The van der Waals surface area contributed by atoms with Crippen molar-refractivity contribution in [1.82, 2.24) is 99.3 Å². The number of nitrogens with zero attached hydrogens (tertiary/aromatic N) is 16. The average Bonchev–Trinajstić information content (AvgIpc) is 1.62. The van der Waals surface area contributed by atoms with Crippen LogP contribution in [0.2, 0.25) is 0 Å². The van der Waals surface area contributed by atoms with Crippen LogP contribution in [0.5, 0.6) is 0 Å². The summed E-state index contributed by atoms with van der Waals surface area (Å²) in [5.41, 5.74) is 19.6. The van der Waals surface area contributed by atoms with Crippen LogP contribution in [-0.2, 0) is 0 Å². The topological polar surface area (TPSA) is 262 Å². The van der Waals surface area contributed by atoms with Crippen molar-refractivity contribution in [3.8, 4) is 89.5 Å². The number of imidazole rings is 4. The van der Waals surface area contributed by atoms with E-state index in [0.717, 1.165) is 203 Å². The fourth-order valence-electron chi connectivity index (χ4n) is 16.3. The van der Waals surface area contributed by atoms with Gasteiger partial charge >= 0.3 is 23.5 Å². The van der Waals surface area contributed by atoms with Gasteiger partial charge in [-0.25, -0.2) is 37.5 Å². The number of hydrogen-bond acceptors (Lipinski definition) is 16. The molecule has 2 saturated heterocycles. The Labute approximate surface area is 776 Å². The Morgan fingerprint density at radius 3 is 1.10 bits per heavy atom. The first-order valence-corrected chi connectivity index (χ1v) is 45.0. The third kappa shape index (κ3) is 23.0. The average molecular weight is 1810 g/mol. The number of rotatable bonds is 26. The fraction of sp³-hybridized carbons (Fsp3) is 0.269. The van der Waals surface area contributed by atoms with Crippen LogP contribution >= 0.6 is 0 Å². The molecule has 12 aromatic heterocycles. The number of nitrogens with one attached hydrogen (secondary N) is 6. The summed E-state index contributed by atoms with van der Waals surface area (Å²) >= 11 is 0. The first-order valence-electron chi connectivity index (χ1n) is 45.0. The lowest BCUT2D eigenvalue weighted by molar-refractivity contribution is -0.514. The van der Waals surface area contributed by atoms with E-state index < -0.39 is 0 Å². The van der Waals surface area contributed by atoms with Crippen molar-refractivity contribution < 1.29 is 45.5 Å². The molecule has 26 nitrogen and oxygen atoms in total. The van der Waals surface area contributed by atoms with Gasteiger partial charge in [0.25, 0.3) is 11.8 Å². The predicted octanol–water partition coefficient (Wildman–Crippen LogP) is 14.2. The normalized spacial score (nSPS) is 13.2. The second-order valence-electron chi connectivity index (χ2n) is 34.4. The molecule has 2 aliphatic rings.